The number of hydrogen-bond donors (Lipinski definition) is 1. The summed E-state index contributed by atoms with van der Waals surface area (Å²) >= 11 is 10.2. The predicted octanol–water partition coefficient (Wildman–Crippen LogP) is 3.75. The van der Waals surface area contributed by atoms with E-state index < -0.39 is 0 Å². The average molecular weight is 332 g/mol. The predicted molar refractivity (Wildman–Crippen MR) is 74.6 cm³/mol. The van der Waals surface area contributed by atoms with Crippen LogP contribution in [0.25, 0.3) is 11.3 Å². The molecule has 1 amide bonds. The number of carbonyl (C=O) groups is 1. The van der Waals surface area contributed by atoms with E-state index >= 15 is 0 Å². The van der Waals surface area contributed by atoms with Gasteiger partial charge in [-0.1, -0.05) is 28.1 Å². The Hall–Kier alpha value is -0.910. The average Bonchev–Trinajstić information content (AvgIpc) is 2.77. The third-order valence-electron chi connectivity index (χ3n) is 1.99. The molecule has 1 N–H and O–H groups in total. The van der Waals surface area contributed by atoms with E-state index in [1.54, 1.807) is 0 Å². The maximum Gasteiger partial charge on any atom is 0.241 e. The summed E-state index contributed by atoms with van der Waals surface area (Å²) in [6.07, 6.45) is 0. The number of aromatic nitrogens is 1. The minimum atomic E-state index is -0.248. The Labute approximate surface area is 116 Å². The number of benzene rings is 1. The molecule has 1 heterocycles. The number of nitrogens with zero attached hydrogens (tertiary/aromatic N) is 1. The van der Waals surface area contributed by atoms with Gasteiger partial charge in [-0.15, -0.1) is 22.9 Å². The van der Waals surface area contributed by atoms with E-state index in [-0.39, 0.29) is 11.8 Å². The Morgan fingerprint density at radius 2 is 2.35 bits per heavy atom. The zero-order chi connectivity index (χ0) is 12.3. The van der Waals surface area contributed by atoms with Crippen LogP contribution in [0.5, 0.6) is 0 Å². The maximum absolute atomic E-state index is 11.1. The Morgan fingerprint density at radius 3 is 3.06 bits per heavy atom. The van der Waals surface area contributed by atoms with E-state index in [1.165, 1.54) is 11.3 Å². The summed E-state index contributed by atoms with van der Waals surface area (Å²) in [4.78, 5) is 15.4. The van der Waals surface area contributed by atoms with Crippen molar-refractivity contribution in [3.63, 3.8) is 0 Å². The second kappa shape index (κ2) is 5.62. The zero-order valence-electron chi connectivity index (χ0n) is 8.61. The molecule has 0 bridgehead atoms. The highest BCUT2D eigenvalue weighted by molar-refractivity contribution is 9.10. The normalized spacial score (nSPS) is 10.2. The van der Waals surface area contributed by atoms with Crippen molar-refractivity contribution in [2.45, 2.75) is 0 Å². The van der Waals surface area contributed by atoms with E-state index in [0.29, 0.717) is 5.13 Å². The topological polar surface area (TPSA) is 42.0 Å². The van der Waals surface area contributed by atoms with Crippen LogP contribution in [-0.2, 0) is 4.79 Å². The molecule has 0 aliphatic heterocycles. The van der Waals surface area contributed by atoms with Crippen molar-refractivity contribution in [1.82, 2.24) is 4.98 Å². The summed E-state index contributed by atoms with van der Waals surface area (Å²) in [6, 6.07) is 7.83. The van der Waals surface area contributed by atoms with Crippen LogP contribution in [0.1, 0.15) is 0 Å². The quantitative estimate of drug-likeness (QED) is 0.870. The smallest absolute Gasteiger partial charge is 0.241 e. The van der Waals surface area contributed by atoms with E-state index in [1.807, 2.05) is 29.6 Å². The minimum absolute atomic E-state index is 0.0637. The van der Waals surface area contributed by atoms with Crippen LogP contribution in [-0.4, -0.2) is 16.8 Å². The van der Waals surface area contributed by atoms with Gasteiger partial charge in [-0.05, 0) is 12.1 Å². The van der Waals surface area contributed by atoms with Crippen molar-refractivity contribution >= 4 is 49.9 Å². The molecular formula is C11H8BrClN2OS. The van der Waals surface area contributed by atoms with Crippen LogP contribution >= 0.6 is 38.9 Å². The molecule has 2 rings (SSSR count). The van der Waals surface area contributed by atoms with Gasteiger partial charge in [0.1, 0.15) is 5.88 Å². The SMILES string of the molecule is O=C(CCl)Nc1nc(-c2cccc(Br)c2)cs1. The van der Waals surface area contributed by atoms with Gasteiger partial charge in [0.2, 0.25) is 5.91 Å². The molecule has 1 aromatic heterocycles. The van der Waals surface area contributed by atoms with Crippen LogP contribution in [0.4, 0.5) is 5.13 Å². The highest BCUT2D eigenvalue weighted by atomic mass is 79.9. The number of halogens is 2. The number of rotatable bonds is 3. The van der Waals surface area contributed by atoms with Crippen LogP contribution in [0.2, 0.25) is 0 Å². The van der Waals surface area contributed by atoms with Crippen LogP contribution in [0, 0.1) is 0 Å². The number of nitrogens with one attached hydrogen (secondary N) is 1. The fourth-order valence-electron chi connectivity index (χ4n) is 1.26. The molecule has 88 valence electrons. The summed E-state index contributed by atoms with van der Waals surface area (Å²) in [5.74, 6) is -0.312. The van der Waals surface area contributed by atoms with Crippen molar-refractivity contribution in [3.05, 3.63) is 34.1 Å². The van der Waals surface area contributed by atoms with Crippen LogP contribution in [0.3, 0.4) is 0 Å². The first-order valence-corrected chi connectivity index (χ1v) is 6.97. The van der Waals surface area contributed by atoms with Crippen LogP contribution < -0.4 is 5.32 Å². The largest absolute Gasteiger partial charge is 0.301 e. The molecular weight excluding hydrogens is 324 g/mol. The number of thiazole rings is 1. The molecule has 0 fully saturated rings. The van der Waals surface area contributed by atoms with Gasteiger partial charge < -0.3 is 5.32 Å². The van der Waals surface area contributed by atoms with E-state index in [4.69, 9.17) is 11.6 Å². The van der Waals surface area contributed by atoms with Crippen molar-refractivity contribution < 1.29 is 4.79 Å². The first kappa shape index (κ1) is 12.5. The molecule has 0 aliphatic rings. The zero-order valence-corrected chi connectivity index (χ0v) is 11.8. The first-order valence-electron chi connectivity index (χ1n) is 4.76. The Bertz CT molecular complexity index is 544. The van der Waals surface area contributed by atoms with E-state index in [2.05, 4.69) is 26.2 Å². The molecule has 0 unspecified atom stereocenters. The Morgan fingerprint density at radius 1 is 1.53 bits per heavy atom. The van der Waals surface area contributed by atoms with Gasteiger partial charge in [-0.2, -0.15) is 0 Å². The summed E-state index contributed by atoms with van der Waals surface area (Å²) < 4.78 is 0.995. The van der Waals surface area contributed by atoms with Gasteiger partial charge in [0.15, 0.2) is 5.13 Å². The second-order valence-electron chi connectivity index (χ2n) is 3.23. The summed E-state index contributed by atoms with van der Waals surface area (Å²) in [6.45, 7) is 0. The lowest BCUT2D eigenvalue weighted by Crippen LogP contribution is -2.12. The highest BCUT2D eigenvalue weighted by Crippen LogP contribution is 2.26. The number of carbonyl (C=O) groups excluding carboxylic acids is 1. The molecule has 0 saturated carbocycles. The van der Waals surface area contributed by atoms with Crippen molar-refractivity contribution in [1.29, 1.82) is 0 Å². The lowest BCUT2D eigenvalue weighted by Gasteiger charge is -1.98. The van der Waals surface area contributed by atoms with Gasteiger partial charge in [0, 0.05) is 15.4 Å². The minimum Gasteiger partial charge on any atom is -0.301 e. The number of hydrogen-bond acceptors (Lipinski definition) is 3. The molecule has 1 aromatic carbocycles. The van der Waals surface area contributed by atoms with E-state index in [0.717, 1.165) is 15.7 Å². The number of alkyl halides is 1. The Balaban J connectivity index is 2.21. The van der Waals surface area contributed by atoms with Crippen LogP contribution in [0.15, 0.2) is 34.1 Å². The fourth-order valence-corrected chi connectivity index (χ4v) is 2.47. The fraction of sp³-hybridized carbons (Fsp3) is 0.0909. The monoisotopic (exact) mass is 330 g/mol. The number of amides is 1. The molecule has 0 aliphatic carbocycles. The van der Waals surface area contributed by atoms with Gasteiger partial charge in [0.25, 0.3) is 0 Å². The maximum atomic E-state index is 11.1. The van der Waals surface area contributed by atoms with Gasteiger partial charge in [-0.3, -0.25) is 4.79 Å². The molecule has 0 radical (unpaired) electrons. The number of anilines is 1. The molecule has 0 atom stereocenters. The van der Waals surface area contributed by atoms with Gasteiger partial charge in [-0.25, -0.2) is 4.98 Å². The second-order valence-corrected chi connectivity index (χ2v) is 5.27. The molecule has 2 aromatic rings. The summed E-state index contributed by atoms with van der Waals surface area (Å²) in [5.41, 5.74) is 1.84. The molecule has 0 spiro atoms. The highest BCUT2D eigenvalue weighted by Gasteiger charge is 2.07. The lowest BCUT2D eigenvalue weighted by molar-refractivity contribution is -0.113. The Kier molecular flexibility index (Phi) is 4.15. The van der Waals surface area contributed by atoms with Gasteiger partial charge in [0.05, 0.1) is 5.69 Å². The van der Waals surface area contributed by atoms with Crippen molar-refractivity contribution in [2.75, 3.05) is 11.2 Å². The van der Waals surface area contributed by atoms with E-state index in [9.17, 15) is 4.79 Å². The molecule has 0 saturated heterocycles. The molecule has 3 nitrogen and oxygen atoms in total. The molecule has 6 heteroatoms. The third-order valence-corrected chi connectivity index (χ3v) is 3.49. The summed E-state index contributed by atoms with van der Waals surface area (Å²) in [5, 5.41) is 5.08. The van der Waals surface area contributed by atoms with Gasteiger partial charge >= 0.3 is 0 Å². The van der Waals surface area contributed by atoms with Crippen molar-refractivity contribution in [2.24, 2.45) is 0 Å². The summed E-state index contributed by atoms with van der Waals surface area (Å²) in [7, 11) is 0. The first-order chi connectivity index (χ1) is 8.19. The lowest BCUT2D eigenvalue weighted by atomic mass is 10.2. The third kappa shape index (κ3) is 3.28. The van der Waals surface area contributed by atoms with Crippen molar-refractivity contribution in [3.8, 4) is 11.3 Å². The standard InChI is InChI=1S/C11H8BrClN2OS/c12-8-3-1-2-7(4-8)9-6-17-11(14-9)15-10(16)5-13/h1-4,6H,5H2,(H,14,15,16). The molecule has 17 heavy (non-hydrogen) atoms.